The molecule has 0 fully saturated rings. The minimum absolute atomic E-state index is 0.810. The lowest BCUT2D eigenvalue weighted by molar-refractivity contribution is 1.27. The van der Waals surface area contributed by atoms with Gasteiger partial charge in [-0.15, -0.1) is 0 Å². The predicted molar refractivity (Wildman–Crippen MR) is 71.1 cm³/mol. The molecule has 0 aromatic heterocycles. The molecule has 0 aliphatic rings. The molecule has 2 aromatic rings. The summed E-state index contributed by atoms with van der Waals surface area (Å²) in [7, 11) is 0. The molecule has 0 saturated carbocycles. The first-order valence-electron chi connectivity index (χ1n) is 5.42. The molecule has 0 aliphatic heterocycles. The summed E-state index contributed by atoms with van der Waals surface area (Å²) in [6.07, 6.45) is 0. The molecule has 82 valence electrons. The summed E-state index contributed by atoms with van der Waals surface area (Å²) in [5, 5.41) is 0.810. The normalized spacial score (nSPS) is 10.5. The van der Waals surface area contributed by atoms with Crippen LogP contribution >= 0.6 is 11.6 Å². The highest BCUT2D eigenvalue weighted by molar-refractivity contribution is 6.33. The molecule has 0 unspecified atom stereocenters. The smallest absolute Gasteiger partial charge is 0.0484 e. The maximum absolute atomic E-state index is 6.20. The summed E-state index contributed by atoms with van der Waals surface area (Å²) >= 11 is 6.20. The lowest BCUT2D eigenvalue weighted by Crippen LogP contribution is -1.89. The Morgan fingerprint density at radius 1 is 0.875 bits per heavy atom. The zero-order chi connectivity index (χ0) is 11.7. The van der Waals surface area contributed by atoms with Gasteiger partial charge in [-0.25, -0.2) is 0 Å². The van der Waals surface area contributed by atoms with Gasteiger partial charge in [0, 0.05) is 10.6 Å². The van der Waals surface area contributed by atoms with Crippen LogP contribution in [0.4, 0.5) is 0 Å². The minimum atomic E-state index is 0.810. The van der Waals surface area contributed by atoms with Crippen LogP contribution in [-0.4, -0.2) is 0 Å². The highest BCUT2D eigenvalue weighted by Crippen LogP contribution is 2.30. The van der Waals surface area contributed by atoms with Crippen LogP contribution in [0.5, 0.6) is 0 Å². The zero-order valence-electron chi connectivity index (χ0n) is 9.84. The average molecular weight is 231 g/mol. The zero-order valence-corrected chi connectivity index (χ0v) is 10.6. The third kappa shape index (κ3) is 1.98. The van der Waals surface area contributed by atoms with Gasteiger partial charge < -0.3 is 0 Å². The first-order chi connectivity index (χ1) is 7.59. The summed E-state index contributed by atoms with van der Waals surface area (Å²) in [6, 6.07) is 12.4. The van der Waals surface area contributed by atoms with Gasteiger partial charge in [0.2, 0.25) is 0 Å². The minimum Gasteiger partial charge on any atom is -0.0837 e. The van der Waals surface area contributed by atoms with E-state index in [1.165, 1.54) is 22.3 Å². The quantitative estimate of drug-likeness (QED) is 0.652. The predicted octanol–water partition coefficient (Wildman–Crippen LogP) is 4.93. The van der Waals surface area contributed by atoms with Gasteiger partial charge in [0.1, 0.15) is 0 Å². The fourth-order valence-corrected chi connectivity index (χ4v) is 2.13. The van der Waals surface area contributed by atoms with Crippen molar-refractivity contribution in [3.05, 3.63) is 58.1 Å². The lowest BCUT2D eigenvalue weighted by Gasteiger charge is -2.10. The Morgan fingerprint density at radius 3 is 2.00 bits per heavy atom. The molecule has 0 spiro atoms. The van der Waals surface area contributed by atoms with Crippen molar-refractivity contribution in [1.29, 1.82) is 0 Å². The molecule has 0 saturated heterocycles. The van der Waals surface area contributed by atoms with Gasteiger partial charge >= 0.3 is 0 Å². The molecular weight excluding hydrogens is 216 g/mol. The van der Waals surface area contributed by atoms with Crippen LogP contribution in [0.2, 0.25) is 5.02 Å². The number of hydrogen-bond acceptors (Lipinski definition) is 0. The Kier molecular flexibility index (Phi) is 3.02. The summed E-state index contributed by atoms with van der Waals surface area (Å²) in [4.78, 5) is 0. The first kappa shape index (κ1) is 11.2. The van der Waals surface area contributed by atoms with Crippen molar-refractivity contribution in [2.45, 2.75) is 20.8 Å². The molecule has 0 N–H and O–H groups in total. The molecule has 2 aromatic carbocycles. The second-order valence-corrected chi connectivity index (χ2v) is 4.62. The Balaban J connectivity index is 2.62. The molecular formula is C15H15Cl. The van der Waals surface area contributed by atoms with Crippen LogP contribution in [0.25, 0.3) is 11.1 Å². The van der Waals surface area contributed by atoms with Crippen LogP contribution in [0, 0.1) is 20.8 Å². The standard InChI is InChI=1S/C15H15Cl/c1-10-8-13(9-11(2)12(10)3)14-6-4-5-7-15(14)16/h4-9H,1-3H3. The molecule has 2 rings (SSSR count). The van der Waals surface area contributed by atoms with Gasteiger partial charge in [-0.1, -0.05) is 41.9 Å². The SMILES string of the molecule is Cc1cc(-c2ccccc2Cl)cc(C)c1C. The Bertz CT molecular complexity index is 504. The van der Waals surface area contributed by atoms with E-state index in [0.29, 0.717) is 0 Å². The van der Waals surface area contributed by atoms with E-state index in [1.54, 1.807) is 0 Å². The Labute approximate surface area is 102 Å². The number of halogens is 1. The van der Waals surface area contributed by atoms with Gasteiger partial charge in [-0.3, -0.25) is 0 Å². The van der Waals surface area contributed by atoms with Crippen molar-refractivity contribution in [3.8, 4) is 11.1 Å². The molecule has 16 heavy (non-hydrogen) atoms. The molecule has 0 radical (unpaired) electrons. The Morgan fingerprint density at radius 2 is 1.44 bits per heavy atom. The molecule has 1 heteroatoms. The molecule has 0 bridgehead atoms. The van der Waals surface area contributed by atoms with Gasteiger partial charge in [0.05, 0.1) is 0 Å². The maximum Gasteiger partial charge on any atom is 0.0484 e. The fraction of sp³-hybridized carbons (Fsp3) is 0.200. The second kappa shape index (κ2) is 4.31. The average Bonchev–Trinajstić information content (AvgIpc) is 2.26. The van der Waals surface area contributed by atoms with Crippen molar-refractivity contribution in [1.82, 2.24) is 0 Å². The highest BCUT2D eigenvalue weighted by atomic mass is 35.5. The van der Waals surface area contributed by atoms with Crippen LogP contribution in [-0.2, 0) is 0 Å². The number of benzene rings is 2. The third-order valence-corrected chi connectivity index (χ3v) is 3.44. The van der Waals surface area contributed by atoms with Crippen LogP contribution in [0.1, 0.15) is 16.7 Å². The van der Waals surface area contributed by atoms with E-state index in [4.69, 9.17) is 11.6 Å². The van der Waals surface area contributed by atoms with Gasteiger partial charge in [-0.05, 0) is 49.1 Å². The molecule has 0 nitrogen and oxygen atoms in total. The van der Waals surface area contributed by atoms with E-state index < -0.39 is 0 Å². The van der Waals surface area contributed by atoms with Gasteiger partial charge in [-0.2, -0.15) is 0 Å². The first-order valence-corrected chi connectivity index (χ1v) is 5.80. The van der Waals surface area contributed by atoms with Crippen molar-refractivity contribution in [2.24, 2.45) is 0 Å². The van der Waals surface area contributed by atoms with E-state index in [0.717, 1.165) is 10.6 Å². The number of rotatable bonds is 1. The van der Waals surface area contributed by atoms with E-state index in [9.17, 15) is 0 Å². The lowest BCUT2D eigenvalue weighted by atomic mass is 9.96. The second-order valence-electron chi connectivity index (χ2n) is 4.21. The summed E-state index contributed by atoms with van der Waals surface area (Å²) in [5.41, 5.74) is 6.29. The number of hydrogen-bond donors (Lipinski definition) is 0. The van der Waals surface area contributed by atoms with E-state index in [1.807, 2.05) is 18.2 Å². The summed E-state index contributed by atoms with van der Waals surface area (Å²) in [5.74, 6) is 0. The van der Waals surface area contributed by atoms with Crippen LogP contribution in [0.15, 0.2) is 36.4 Å². The third-order valence-electron chi connectivity index (χ3n) is 3.11. The van der Waals surface area contributed by atoms with Crippen LogP contribution in [0.3, 0.4) is 0 Å². The molecule has 0 atom stereocenters. The van der Waals surface area contributed by atoms with Crippen molar-refractivity contribution >= 4 is 11.6 Å². The summed E-state index contributed by atoms with van der Waals surface area (Å²) < 4.78 is 0. The van der Waals surface area contributed by atoms with Gasteiger partial charge in [0.25, 0.3) is 0 Å². The van der Waals surface area contributed by atoms with Crippen molar-refractivity contribution in [2.75, 3.05) is 0 Å². The van der Waals surface area contributed by atoms with Gasteiger partial charge in [0.15, 0.2) is 0 Å². The topological polar surface area (TPSA) is 0 Å². The number of aryl methyl sites for hydroxylation is 2. The molecule has 0 heterocycles. The monoisotopic (exact) mass is 230 g/mol. The Hall–Kier alpha value is -1.27. The van der Waals surface area contributed by atoms with E-state index >= 15 is 0 Å². The van der Waals surface area contributed by atoms with Crippen molar-refractivity contribution in [3.63, 3.8) is 0 Å². The van der Waals surface area contributed by atoms with Crippen LogP contribution < -0.4 is 0 Å². The highest BCUT2D eigenvalue weighted by Gasteiger charge is 2.05. The molecule has 0 aliphatic carbocycles. The fourth-order valence-electron chi connectivity index (χ4n) is 1.89. The van der Waals surface area contributed by atoms with E-state index in [-0.39, 0.29) is 0 Å². The molecule has 0 amide bonds. The summed E-state index contributed by atoms with van der Waals surface area (Å²) in [6.45, 7) is 6.44. The van der Waals surface area contributed by atoms with E-state index in [2.05, 4.69) is 39.0 Å². The largest absolute Gasteiger partial charge is 0.0837 e. The maximum atomic E-state index is 6.20. The van der Waals surface area contributed by atoms with Crippen molar-refractivity contribution < 1.29 is 0 Å².